The second-order valence-corrected chi connectivity index (χ2v) is 10.7. The number of benzene rings is 2. The van der Waals surface area contributed by atoms with Crippen LogP contribution in [-0.2, 0) is 26.2 Å². The minimum absolute atomic E-state index is 0.122. The molecule has 35 heavy (non-hydrogen) atoms. The molecule has 1 N–H and O–H groups in total. The van der Waals surface area contributed by atoms with E-state index in [4.69, 9.17) is 16.3 Å². The first-order valence-electron chi connectivity index (χ1n) is 11.5. The normalized spacial score (nSPS) is 12.1. The largest absolute Gasteiger partial charge is 0.495 e. The van der Waals surface area contributed by atoms with E-state index in [1.54, 1.807) is 42.5 Å². The highest BCUT2D eigenvalue weighted by atomic mass is 35.5. The third-order valence-corrected chi connectivity index (χ3v) is 6.86. The van der Waals surface area contributed by atoms with Crippen molar-refractivity contribution in [3.05, 3.63) is 58.6 Å². The summed E-state index contributed by atoms with van der Waals surface area (Å²) >= 11 is 6.01. The van der Waals surface area contributed by atoms with Crippen molar-refractivity contribution in [2.75, 3.05) is 30.8 Å². The van der Waals surface area contributed by atoms with Crippen molar-refractivity contribution < 1.29 is 22.7 Å². The molecule has 8 nitrogen and oxygen atoms in total. The fourth-order valence-electron chi connectivity index (χ4n) is 3.66. The molecule has 2 rings (SSSR count). The molecule has 0 fully saturated rings. The second-order valence-electron chi connectivity index (χ2n) is 8.31. The Morgan fingerprint density at radius 3 is 2.31 bits per heavy atom. The number of rotatable bonds is 12. The van der Waals surface area contributed by atoms with E-state index in [0.29, 0.717) is 23.7 Å². The van der Waals surface area contributed by atoms with Crippen LogP contribution in [-0.4, -0.2) is 57.6 Å². The number of nitrogens with zero attached hydrogens (tertiary/aromatic N) is 2. The molecule has 1 atom stereocenters. The molecule has 0 heterocycles. The molecule has 2 amide bonds. The lowest BCUT2D eigenvalue weighted by atomic mass is 10.1. The van der Waals surface area contributed by atoms with Gasteiger partial charge in [-0.25, -0.2) is 8.42 Å². The predicted octanol–water partition coefficient (Wildman–Crippen LogP) is 3.76. The van der Waals surface area contributed by atoms with E-state index in [2.05, 4.69) is 5.32 Å². The van der Waals surface area contributed by atoms with Gasteiger partial charge in [0.05, 0.1) is 19.1 Å². The Kier molecular flexibility index (Phi) is 10.4. The number of aryl methyl sites for hydroxylation is 1. The maximum absolute atomic E-state index is 13.7. The Hall–Kier alpha value is -2.78. The van der Waals surface area contributed by atoms with Crippen LogP contribution in [0, 0.1) is 6.92 Å². The minimum atomic E-state index is -3.85. The van der Waals surface area contributed by atoms with Crippen molar-refractivity contribution in [2.45, 2.75) is 46.2 Å². The van der Waals surface area contributed by atoms with Gasteiger partial charge in [-0.1, -0.05) is 43.6 Å². The summed E-state index contributed by atoms with van der Waals surface area (Å²) in [5.74, 6) is -0.464. The van der Waals surface area contributed by atoms with Crippen molar-refractivity contribution in [2.24, 2.45) is 0 Å². The summed E-state index contributed by atoms with van der Waals surface area (Å²) < 4.78 is 32.0. The van der Waals surface area contributed by atoms with Crippen LogP contribution in [0.2, 0.25) is 5.02 Å². The van der Waals surface area contributed by atoms with Crippen molar-refractivity contribution >= 4 is 39.1 Å². The van der Waals surface area contributed by atoms with E-state index in [1.165, 1.54) is 12.0 Å². The number of amides is 2. The van der Waals surface area contributed by atoms with Crippen molar-refractivity contribution in [1.82, 2.24) is 10.2 Å². The highest BCUT2D eigenvalue weighted by Crippen LogP contribution is 2.31. The zero-order valence-electron chi connectivity index (χ0n) is 20.9. The van der Waals surface area contributed by atoms with Crippen LogP contribution in [0.25, 0.3) is 0 Å². The molecule has 0 aliphatic heterocycles. The minimum Gasteiger partial charge on any atom is -0.495 e. The summed E-state index contributed by atoms with van der Waals surface area (Å²) in [6.45, 7) is 5.70. The lowest BCUT2D eigenvalue weighted by Gasteiger charge is -2.33. The van der Waals surface area contributed by atoms with E-state index in [1.807, 2.05) is 20.8 Å². The first-order chi connectivity index (χ1) is 16.5. The molecule has 10 heteroatoms. The third kappa shape index (κ3) is 7.86. The number of nitrogens with one attached hydrogen (secondary N) is 1. The highest BCUT2D eigenvalue weighted by molar-refractivity contribution is 7.92. The summed E-state index contributed by atoms with van der Waals surface area (Å²) in [4.78, 5) is 28.0. The van der Waals surface area contributed by atoms with E-state index < -0.39 is 28.5 Å². The standard InChI is InChI=1S/C25H34ClN3O5S/c1-6-14-27-25(31)21(7-2)28(16-19-9-11-20(26)12-10-19)24(30)17-29(35(5,32)33)22-15-18(3)8-13-23(22)34-4/h8-13,15,21H,6-7,14,16-17H2,1-5H3,(H,27,31). The Labute approximate surface area is 213 Å². The van der Waals surface area contributed by atoms with Crippen LogP contribution in [0.5, 0.6) is 5.75 Å². The van der Waals surface area contributed by atoms with Gasteiger partial charge >= 0.3 is 0 Å². The summed E-state index contributed by atoms with van der Waals surface area (Å²) in [6.07, 6.45) is 2.15. The zero-order chi connectivity index (χ0) is 26.2. The average molecular weight is 524 g/mol. The first kappa shape index (κ1) is 28.5. The van der Waals surface area contributed by atoms with E-state index >= 15 is 0 Å². The number of methoxy groups -OCH3 is 1. The van der Waals surface area contributed by atoms with Gasteiger partial charge in [0.25, 0.3) is 0 Å². The Morgan fingerprint density at radius 1 is 1.11 bits per heavy atom. The number of hydrogen-bond donors (Lipinski definition) is 1. The first-order valence-corrected chi connectivity index (χ1v) is 13.7. The van der Waals surface area contributed by atoms with Crippen molar-refractivity contribution in [3.8, 4) is 5.75 Å². The quantitative estimate of drug-likeness (QED) is 0.457. The molecule has 0 saturated heterocycles. The van der Waals surface area contributed by atoms with Crippen LogP contribution in [0.3, 0.4) is 0 Å². The van der Waals surface area contributed by atoms with Crippen molar-refractivity contribution in [1.29, 1.82) is 0 Å². The number of anilines is 1. The fraction of sp³-hybridized carbons (Fsp3) is 0.440. The number of ether oxygens (including phenoxy) is 1. The Bertz CT molecular complexity index is 1120. The van der Waals surface area contributed by atoms with E-state index in [-0.39, 0.29) is 18.1 Å². The van der Waals surface area contributed by atoms with Gasteiger partial charge in [0, 0.05) is 18.1 Å². The van der Waals surface area contributed by atoms with Gasteiger partial charge in [-0.3, -0.25) is 13.9 Å². The SMILES string of the molecule is CCCNC(=O)C(CC)N(Cc1ccc(Cl)cc1)C(=O)CN(c1cc(C)ccc1OC)S(C)(=O)=O. The molecule has 0 aliphatic carbocycles. The summed E-state index contributed by atoms with van der Waals surface area (Å²) in [7, 11) is -2.41. The summed E-state index contributed by atoms with van der Waals surface area (Å²) in [5, 5.41) is 3.40. The molecule has 0 spiro atoms. The van der Waals surface area contributed by atoms with E-state index in [0.717, 1.165) is 28.1 Å². The van der Waals surface area contributed by atoms with E-state index in [9.17, 15) is 18.0 Å². The summed E-state index contributed by atoms with van der Waals surface area (Å²) in [5.41, 5.74) is 1.84. The monoisotopic (exact) mass is 523 g/mol. The molecule has 0 bridgehead atoms. The Morgan fingerprint density at radius 2 is 1.77 bits per heavy atom. The maximum atomic E-state index is 13.7. The third-order valence-electron chi connectivity index (χ3n) is 5.48. The van der Waals surface area contributed by atoms with Crippen LogP contribution in [0.4, 0.5) is 5.69 Å². The van der Waals surface area contributed by atoms with Crippen LogP contribution in [0.15, 0.2) is 42.5 Å². The molecular weight excluding hydrogens is 490 g/mol. The smallest absolute Gasteiger partial charge is 0.244 e. The predicted molar refractivity (Wildman–Crippen MR) is 139 cm³/mol. The fourth-order valence-corrected chi connectivity index (χ4v) is 4.63. The maximum Gasteiger partial charge on any atom is 0.244 e. The lowest BCUT2D eigenvalue weighted by Crippen LogP contribution is -2.52. The highest BCUT2D eigenvalue weighted by Gasteiger charge is 2.32. The molecule has 0 radical (unpaired) electrons. The summed E-state index contributed by atoms with van der Waals surface area (Å²) in [6, 6.07) is 11.3. The second kappa shape index (κ2) is 12.8. The molecule has 2 aromatic rings. The number of halogens is 1. The van der Waals surface area contributed by atoms with Crippen LogP contribution < -0.4 is 14.4 Å². The molecule has 0 aliphatic rings. The van der Waals surface area contributed by atoms with Gasteiger partial charge in [-0.15, -0.1) is 0 Å². The topological polar surface area (TPSA) is 96.0 Å². The van der Waals surface area contributed by atoms with Crippen LogP contribution in [0.1, 0.15) is 37.8 Å². The molecule has 1 unspecified atom stereocenters. The lowest BCUT2D eigenvalue weighted by molar-refractivity contribution is -0.140. The molecule has 0 saturated carbocycles. The molecule has 0 aromatic heterocycles. The van der Waals surface area contributed by atoms with Gasteiger partial charge in [-0.2, -0.15) is 0 Å². The average Bonchev–Trinajstić information content (AvgIpc) is 2.81. The Balaban J connectivity index is 2.48. The van der Waals surface area contributed by atoms with Gasteiger partial charge in [0.1, 0.15) is 18.3 Å². The number of sulfonamides is 1. The van der Waals surface area contributed by atoms with Gasteiger partial charge in [0.2, 0.25) is 21.8 Å². The van der Waals surface area contributed by atoms with Crippen LogP contribution >= 0.6 is 11.6 Å². The number of hydrogen-bond acceptors (Lipinski definition) is 5. The molecule has 192 valence electrons. The van der Waals surface area contributed by atoms with Crippen molar-refractivity contribution in [3.63, 3.8) is 0 Å². The molecular formula is C25H34ClN3O5S. The number of carbonyl (C=O) groups excluding carboxylic acids is 2. The zero-order valence-corrected chi connectivity index (χ0v) is 22.4. The number of carbonyl (C=O) groups is 2. The van der Waals surface area contributed by atoms with Gasteiger partial charge in [-0.05, 0) is 55.2 Å². The van der Waals surface area contributed by atoms with Gasteiger partial charge in [0.15, 0.2) is 0 Å². The molecule has 2 aromatic carbocycles. The van der Waals surface area contributed by atoms with Gasteiger partial charge < -0.3 is 15.0 Å².